The molecule has 0 radical (unpaired) electrons. The van der Waals surface area contributed by atoms with E-state index in [0.29, 0.717) is 56.0 Å². The summed E-state index contributed by atoms with van der Waals surface area (Å²) in [5.74, 6) is 3.01. The minimum absolute atomic E-state index is 0.0139. The molecule has 2 aromatic carbocycles. The number of benzene rings is 2. The van der Waals surface area contributed by atoms with Crippen molar-refractivity contribution in [2.24, 2.45) is 0 Å². The number of amides is 1. The van der Waals surface area contributed by atoms with Gasteiger partial charge in [-0.3, -0.25) is 4.79 Å². The van der Waals surface area contributed by atoms with Crippen LogP contribution in [0, 0.1) is 0 Å². The zero-order valence-electron chi connectivity index (χ0n) is 18.0. The van der Waals surface area contributed by atoms with Crippen molar-refractivity contribution in [3.8, 4) is 28.6 Å². The normalized spacial score (nSPS) is 17.6. The second-order valence-electron chi connectivity index (χ2n) is 7.92. The number of nitrogens with zero attached hydrogens (tertiary/aromatic N) is 3. The van der Waals surface area contributed by atoms with Crippen molar-refractivity contribution in [1.82, 2.24) is 10.1 Å². The minimum Gasteiger partial charge on any atom is -0.494 e. The lowest BCUT2D eigenvalue weighted by molar-refractivity contribution is -0.117. The highest BCUT2D eigenvalue weighted by Crippen LogP contribution is 2.37. The highest BCUT2D eigenvalue weighted by molar-refractivity contribution is 5.96. The molecule has 0 aliphatic carbocycles. The van der Waals surface area contributed by atoms with E-state index in [9.17, 15) is 4.79 Å². The van der Waals surface area contributed by atoms with Crippen LogP contribution in [0.3, 0.4) is 0 Å². The molecular weight excluding hydrogens is 410 g/mol. The van der Waals surface area contributed by atoms with Gasteiger partial charge in [-0.1, -0.05) is 18.5 Å². The molecule has 8 nitrogen and oxygen atoms in total. The standard InChI is InChI=1S/C24H25N3O5/c1-2-3-10-29-19-7-4-16(5-8-19)23-25-24(32-26-23)17-13-22(28)27(15-17)18-6-9-20-21(14-18)31-12-11-30-20/h4-9,14,17H,2-3,10-13,15H2,1H3. The quantitative estimate of drug-likeness (QED) is 0.514. The lowest BCUT2D eigenvalue weighted by atomic mass is 10.1. The Morgan fingerprint density at radius 2 is 1.91 bits per heavy atom. The first-order valence-electron chi connectivity index (χ1n) is 11.0. The highest BCUT2D eigenvalue weighted by atomic mass is 16.6. The predicted molar refractivity (Wildman–Crippen MR) is 117 cm³/mol. The van der Waals surface area contributed by atoms with Crippen LogP contribution in [0.4, 0.5) is 5.69 Å². The van der Waals surface area contributed by atoms with Gasteiger partial charge in [-0.15, -0.1) is 0 Å². The number of carbonyl (C=O) groups is 1. The monoisotopic (exact) mass is 435 g/mol. The number of anilines is 1. The van der Waals surface area contributed by atoms with Gasteiger partial charge in [-0.25, -0.2) is 0 Å². The van der Waals surface area contributed by atoms with E-state index in [0.717, 1.165) is 29.8 Å². The first-order chi connectivity index (χ1) is 15.7. The Hall–Kier alpha value is -3.55. The van der Waals surface area contributed by atoms with Gasteiger partial charge in [-0.05, 0) is 42.8 Å². The molecule has 1 unspecified atom stereocenters. The summed E-state index contributed by atoms with van der Waals surface area (Å²) in [6, 6.07) is 13.2. The molecule has 1 fully saturated rings. The number of aromatic nitrogens is 2. The van der Waals surface area contributed by atoms with Crippen LogP contribution < -0.4 is 19.1 Å². The Morgan fingerprint density at radius 1 is 1.09 bits per heavy atom. The maximum absolute atomic E-state index is 12.7. The summed E-state index contributed by atoms with van der Waals surface area (Å²) in [5.41, 5.74) is 1.62. The van der Waals surface area contributed by atoms with Crippen LogP contribution in [0.15, 0.2) is 47.0 Å². The average molecular weight is 435 g/mol. The van der Waals surface area contributed by atoms with Crippen molar-refractivity contribution in [3.63, 3.8) is 0 Å². The van der Waals surface area contributed by atoms with Gasteiger partial charge in [-0.2, -0.15) is 4.98 Å². The summed E-state index contributed by atoms with van der Waals surface area (Å²) in [6.45, 7) is 4.35. The van der Waals surface area contributed by atoms with Crippen molar-refractivity contribution in [3.05, 3.63) is 48.4 Å². The Morgan fingerprint density at radius 3 is 2.72 bits per heavy atom. The number of carbonyl (C=O) groups excluding carboxylic acids is 1. The molecule has 2 aliphatic rings. The molecule has 3 aromatic rings. The van der Waals surface area contributed by atoms with E-state index >= 15 is 0 Å². The summed E-state index contributed by atoms with van der Waals surface area (Å²) in [4.78, 5) is 19.0. The molecule has 3 heterocycles. The molecule has 8 heteroatoms. The molecular formula is C24H25N3O5. The third-order valence-corrected chi connectivity index (χ3v) is 5.63. The van der Waals surface area contributed by atoms with E-state index < -0.39 is 0 Å². The van der Waals surface area contributed by atoms with Crippen LogP contribution in [-0.4, -0.2) is 42.4 Å². The fourth-order valence-electron chi connectivity index (χ4n) is 3.88. The average Bonchev–Trinajstić information content (AvgIpc) is 3.46. The summed E-state index contributed by atoms with van der Waals surface area (Å²) in [5, 5.41) is 4.12. The maximum Gasteiger partial charge on any atom is 0.232 e. The minimum atomic E-state index is -0.159. The molecule has 1 saturated heterocycles. The second-order valence-corrected chi connectivity index (χ2v) is 7.92. The number of rotatable bonds is 7. The molecule has 1 amide bonds. The number of hydrogen-bond acceptors (Lipinski definition) is 7. The SMILES string of the molecule is CCCCOc1ccc(-c2noc(C3CC(=O)N(c4ccc5c(c4)OCCO5)C3)n2)cc1. The van der Waals surface area contributed by atoms with E-state index in [1.807, 2.05) is 42.5 Å². The highest BCUT2D eigenvalue weighted by Gasteiger charge is 2.35. The van der Waals surface area contributed by atoms with Crippen molar-refractivity contribution < 1.29 is 23.5 Å². The van der Waals surface area contributed by atoms with Gasteiger partial charge in [0.25, 0.3) is 0 Å². The number of unbranched alkanes of at least 4 members (excludes halogenated alkanes) is 1. The first-order valence-corrected chi connectivity index (χ1v) is 11.0. The Balaban J connectivity index is 1.27. The number of hydrogen-bond donors (Lipinski definition) is 0. The topological polar surface area (TPSA) is 86.9 Å². The summed E-state index contributed by atoms with van der Waals surface area (Å²) in [7, 11) is 0. The summed E-state index contributed by atoms with van der Waals surface area (Å²) >= 11 is 0. The van der Waals surface area contributed by atoms with Gasteiger partial charge in [0.1, 0.15) is 19.0 Å². The van der Waals surface area contributed by atoms with Crippen molar-refractivity contribution in [2.45, 2.75) is 32.1 Å². The molecule has 32 heavy (non-hydrogen) atoms. The van der Waals surface area contributed by atoms with Gasteiger partial charge in [0.2, 0.25) is 17.6 Å². The summed E-state index contributed by atoms with van der Waals surface area (Å²) < 4.78 is 22.4. The molecule has 0 saturated carbocycles. The first kappa shape index (κ1) is 20.4. The fraction of sp³-hybridized carbons (Fsp3) is 0.375. The Labute approximate surface area is 186 Å². The fourth-order valence-corrected chi connectivity index (χ4v) is 3.88. The van der Waals surface area contributed by atoms with Crippen molar-refractivity contribution in [1.29, 1.82) is 0 Å². The van der Waals surface area contributed by atoms with Crippen LogP contribution in [0.2, 0.25) is 0 Å². The maximum atomic E-state index is 12.7. The lowest BCUT2D eigenvalue weighted by Crippen LogP contribution is -2.24. The third kappa shape index (κ3) is 4.12. The molecule has 1 atom stereocenters. The van der Waals surface area contributed by atoms with Crippen LogP contribution in [0.25, 0.3) is 11.4 Å². The Kier molecular flexibility index (Phi) is 5.66. The molecule has 166 valence electrons. The second kappa shape index (κ2) is 8.90. The zero-order valence-corrected chi connectivity index (χ0v) is 18.0. The van der Waals surface area contributed by atoms with Gasteiger partial charge in [0.05, 0.1) is 12.5 Å². The van der Waals surface area contributed by atoms with Gasteiger partial charge >= 0.3 is 0 Å². The van der Waals surface area contributed by atoms with E-state index in [2.05, 4.69) is 17.1 Å². The largest absolute Gasteiger partial charge is 0.494 e. The molecule has 0 spiro atoms. The van der Waals surface area contributed by atoms with Crippen molar-refractivity contribution >= 4 is 11.6 Å². The number of ether oxygens (including phenoxy) is 3. The molecule has 1 aromatic heterocycles. The van der Waals surface area contributed by atoms with Gasteiger partial charge in [0, 0.05) is 30.3 Å². The van der Waals surface area contributed by atoms with E-state index in [-0.39, 0.29) is 11.8 Å². The van der Waals surface area contributed by atoms with E-state index in [1.54, 1.807) is 4.90 Å². The summed E-state index contributed by atoms with van der Waals surface area (Å²) in [6.07, 6.45) is 2.44. The lowest BCUT2D eigenvalue weighted by Gasteiger charge is -2.22. The molecule has 0 N–H and O–H groups in total. The van der Waals surface area contributed by atoms with Crippen LogP contribution in [0.5, 0.6) is 17.2 Å². The molecule has 0 bridgehead atoms. The van der Waals surface area contributed by atoms with Crippen molar-refractivity contribution in [2.75, 3.05) is 31.3 Å². The van der Waals surface area contributed by atoms with Gasteiger partial charge in [0.15, 0.2) is 11.5 Å². The van der Waals surface area contributed by atoms with Crippen LogP contribution in [0.1, 0.15) is 38.0 Å². The van der Waals surface area contributed by atoms with Crippen LogP contribution >= 0.6 is 0 Å². The van der Waals surface area contributed by atoms with Gasteiger partial charge < -0.3 is 23.6 Å². The van der Waals surface area contributed by atoms with E-state index in [4.69, 9.17) is 18.7 Å². The third-order valence-electron chi connectivity index (χ3n) is 5.63. The van der Waals surface area contributed by atoms with Crippen LogP contribution in [-0.2, 0) is 4.79 Å². The zero-order chi connectivity index (χ0) is 21.9. The molecule has 2 aliphatic heterocycles. The smallest absolute Gasteiger partial charge is 0.232 e. The molecule has 5 rings (SSSR count). The predicted octanol–water partition coefficient (Wildman–Crippen LogP) is 4.21. The number of fused-ring (bicyclic) bond motifs is 1. The Bertz CT molecular complexity index is 1100. The van der Waals surface area contributed by atoms with E-state index in [1.165, 1.54) is 0 Å².